The van der Waals surface area contributed by atoms with Crippen molar-refractivity contribution in [1.82, 2.24) is 15.0 Å². The largest absolute Gasteiger partial charge is 0.469 e. The fourth-order valence-electron chi connectivity index (χ4n) is 1.71. The van der Waals surface area contributed by atoms with Crippen molar-refractivity contribution in [1.29, 1.82) is 0 Å². The van der Waals surface area contributed by atoms with Crippen molar-refractivity contribution < 1.29 is 19.1 Å². The SMILES string of the molecule is COC(=O)Cc1c(C(=O)OC)nnn1-c1ccc(Br)cc1. The first-order valence-electron chi connectivity index (χ1n) is 5.92. The monoisotopic (exact) mass is 353 g/mol. The van der Waals surface area contributed by atoms with Crippen LogP contribution in [0.25, 0.3) is 5.69 Å². The summed E-state index contributed by atoms with van der Waals surface area (Å²) in [5.74, 6) is -1.15. The van der Waals surface area contributed by atoms with Crippen LogP contribution in [0.15, 0.2) is 28.7 Å². The van der Waals surface area contributed by atoms with Crippen LogP contribution in [-0.4, -0.2) is 41.2 Å². The van der Waals surface area contributed by atoms with Crippen LogP contribution in [0.2, 0.25) is 0 Å². The Morgan fingerprint density at radius 3 is 2.43 bits per heavy atom. The van der Waals surface area contributed by atoms with Crippen molar-refractivity contribution in [3.05, 3.63) is 40.1 Å². The first-order valence-corrected chi connectivity index (χ1v) is 6.71. The second-order valence-electron chi connectivity index (χ2n) is 4.02. The highest BCUT2D eigenvalue weighted by Crippen LogP contribution is 2.17. The maximum atomic E-state index is 11.7. The van der Waals surface area contributed by atoms with Crippen LogP contribution >= 0.6 is 15.9 Å². The van der Waals surface area contributed by atoms with Gasteiger partial charge in [0.25, 0.3) is 0 Å². The summed E-state index contributed by atoms with van der Waals surface area (Å²) in [4.78, 5) is 23.2. The molecule has 1 heterocycles. The van der Waals surface area contributed by atoms with Gasteiger partial charge in [-0.2, -0.15) is 0 Å². The minimum atomic E-state index is -0.655. The summed E-state index contributed by atoms with van der Waals surface area (Å²) in [7, 11) is 2.51. The Kier molecular flexibility index (Phi) is 4.69. The van der Waals surface area contributed by atoms with E-state index in [1.165, 1.54) is 18.9 Å². The zero-order chi connectivity index (χ0) is 15.4. The van der Waals surface area contributed by atoms with E-state index in [9.17, 15) is 9.59 Å². The summed E-state index contributed by atoms with van der Waals surface area (Å²) in [6.07, 6.45) is -0.135. The molecule has 21 heavy (non-hydrogen) atoms. The number of esters is 2. The number of rotatable bonds is 4. The molecule has 1 aromatic carbocycles. The third-order valence-electron chi connectivity index (χ3n) is 2.75. The molecule has 0 radical (unpaired) electrons. The van der Waals surface area contributed by atoms with Gasteiger partial charge in [0.15, 0.2) is 5.69 Å². The predicted octanol–water partition coefficient (Wildman–Crippen LogP) is 1.53. The lowest BCUT2D eigenvalue weighted by Crippen LogP contribution is -2.14. The summed E-state index contributed by atoms with van der Waals surface area (Å²) in [5.41, 5.74) is 0.974. The van der Waals surface area contributed by atoms with Crippen molar-refractivity contribution >= 4 is 27.9 Å². The van der Waals surface area contributed by atoms with E-state index in [4.69, 9.17) is 0 Å². The lowest BCUT2D eigenvalue weighted by atomic mass is 10.2. The molecule has 0 atom stereocenters. The van der Waals surface area contributed by atoms with Crippen molar-refractivity contribution in [3.8, 4) is 5.69 Å². The molecule has 0 aliphatic rings. The summed E-state index contributed by atoms with van der Waals surface area (Å²) in [6.45, 7) is 0. The molecule has 7 nitrogen and oxygen atoms in total. The van der Waals surface area contributed by atoms with E-state index >= 15 is 0 Å². The number of ether oxygens (including phenoxy) is 2. The average Bonchev–Trinajstić information content (AvgIpc) is 2.90. The van der Waals surface area contributed by atoms with E-state index in [-0.39, 0.29) is 12.1 Å². The molecule has 0 amide bonds. The zero-order valence-corrected chi connectivity index (χ0v) is 13.0. The molecule has 0 spiro atoms. The van der Waals surface area contributed by atoms with Crippen LogP contribution in [0.1, 0.15) is 16.2 Å². The van der Waals surface area contributed by atoms with Gasteiger partial charge in [0.1, 0.15) is 0 Å². The molecule has 8 heteroatoms. The number of hydrogen-bond acceptors (Lipinski definition) is 6. The molecule has 0 fully saturated rings. The molecular formula is C13H12BrN3O4. The van der Waals surface area contributed by atoms with Crippen LogP contribution in [0, 0.1) is 0 Å². The van der Waals surface area contributed by atoms with Crippen LogP contribution in [0.4, 0.5) is 0 Å². The molecule has 2 rings (SSSR count). The first-order chi connectivity index (χ1) is 10.1. The quantitative estimate of drug-likeness (QED) is 0.775. The third kappa shape index (κ3) is 3.27. The summed E-state index contributed by atoms with van der Waals surface area (Å²) in [6, 6.07) is 7.19. The molecule has 0 saturated heterocycles. The van der Waals surface area contributed by atoms with E-state index < -0.39 is 11.9 Å². The number of halogens is 1. The Hall–Kier alpha value is -2.22. The van der Waals surface area contributed by atoms with Gasteiger partial charge in [0, 0.05) is 4.47 Å². The normalized spacial score (nSPS) is 10.2. The summed E-state index contributed by atoms with van der Waals surface area (Å²) in [5, 5.41) is 7.71. The van der Waals surface area contributed by atoms with Crippen molar-refractivity contribution in [2.75, 3.05) is 14.2 Å². The Morgan fingerprint density at radius 1 is 1.19 bits per heavy atom. The fourth-order valence-corrected chi connectivity index (χ4v) is 1.98. The van der Waals surface area contributed by atoms with E-state index in [1.54, 1.807) is 12.1 Å². The van der Waals surface area contributed by atoms with Gasteiger partial charge in [-0.3, -0.25) is 4.79 Å². The highest BCUT2D eigenvalue weighted by Gasteiger charge is 2.23. The standard InChI is InChI=1S/C13H12BrN3O4/c1-20-11(18)7-10-12(13(19)21-2)15-16-17(10)9-5-3-8(14)4-6-9/h3-6H,7H2,1-2H3. The molecule has 0 bridgehead atoms. The van der Waals surface area contributed by atoms with Crippen molar-refractivity contribution in [2.24, 2.45) is 0 Å². The number of aromatic nitrogens is 3. The molecule has 0 aliphatic heterocycles. The minimum absolute atomic E-state index is 0.00850. The Balaban J connectivity index is 2.50. The Morgan fingerprint density at radius 2 is 1.86 bits per heavy atom. The number of nitrogens with zero attached hydrogens (tertiary/aromatic N) is 3. The lowest BCUT2D eigenvalue weighted by Gasteiger charge is -2.06. The fraction of sp³-hybridized carbons (Fsp3) is 0.231. The van der Waals surface area contributed by atoms with Gasteiger partial charge in [-0.15, -0.1) is 5.10 Å². The molecule has 0 unspecified atom stereocenters. The van der Waals surface area contributed by atoms with Gasteiger partial charge in [-0.1, -0.05) is 21.1 Å². The number of methoxy groups -OCH3 is 2. The minimum Gasteiger partial charge on any atom is -0.469 e. The molecule has 0 N–H and O–H groups in total. The van der Waals surface area contributed by atoms with E-state index in [0.29, 0.717) is 11.4 Å². The smallest absolute Gasteiger partial charge is 0.360 e. The van der Waals surface area contributed by atoms with E-state index in [1.807, 2.05) is 12.1 Å². The molecule has 0 saturated carbocycles. The highest BCUT2D eigenvalue weighted by atomic mass is 79.9. The molecule has 110 valence electrons. The van der Waals surface area contributed by atoms with E-state index in [2.05, 4.69) is 35.7 Å². The van der Waals surface area contributed by atoms with Crippen molar-refractivity contribution in [3.63, 3.8) is 0 Å². The van der Waals surface area contributed by atoms with Gasteiger partial charge < -0.3 is 9.47 Å². The molecule has 0 aliphatic carbocycles. The number of carbonyl (C=O) groups excluding carboxylic acids is 2. The predicted molar refractivity (Wildman–Crippen MR) is 76.1 cm³/mol. The third-order valence-corrected chi connectivity index (χ3v) is 3.28. The molecule has 1 aromatic heterocycles. The van der Waals surface area contributed by atoms with Crippen LogP contribution in [0.5, 0.6) is 0 Å². The first kappa shape index (κ1) is 15.2. The maximum absolute atomic E-state index is 11.7. The zero-order valence-electron chi connectivity index (χ0n) is 11.4. The Labute approximate surface area is 129 Å². The summed E-state index contributed by atoms with van der Waals surface area (Å²) >= 11 is 3.33. The maximum Gasteiger partial charge on any atom is 0.360 e. The lowest BCUT2D eigenvalue weighted by molar-refractivity contribution is -0.139. The number of carbonyl (C=O) groups is 2. The Bertz CT molecular complexity index is 667. The molecular weight excluding hydrogens is 342 g/mol. The molecule has 2 aromatic rings. The highest BCUT2D eigenvalue weighted by molar-refractivity contribution is 9.10. The second kappa shape index (κ2) is 6.49. The van der Waals surface area contributed by atoms with E-state index in [0.717, 1.165) is 4.47 Å². The van der Waals surface area contributed by atoms with Crippen molar-refractivity contribution in [2.45, 2.75) is 6.42 Å². The number of hydrogen-bond donors (Lipinski definition) is 0. The summed E-state index contributed by atoms with van der Waals surface area (Å²) < 4.78 is 11.6. The van der Waals surface area contributed by atoms with Gasteiger partial charge in [-0.05, 0) is 24.3 Å². The van der Waals surface area contributed by atoms with Gasteiger partial charge in [0.2, 0.25) is 0 Å². The average molecular weight is 354 g/mol. The van der Waals surface area contributed by atoms with Crippen LogP contribution in [0.3, 0.4) is 0 Å². The van der Waals surface area contributed by atoms with Crippen LogP contribution < -0.4 is 0 Å². The van der Waals surface area contributed by atoms with Gasteiger partial charge >= 0.3 is 11.9 Å². The van der Waals surface area contributed by atoms with Gasteiger partial charge in [-0.25, -0.2) is 9.48 Å². The second-order valence-corrected chi connectivity index (χ2v) is 4.93. The topological polar surface area (TPSA) is 83.3 Å². The van der Waals surface area contributed by atoms with Gasteiger partial charge in [0.05, 0.1) is 32.0 Å². The van der Waals surface area contributed by atoms with Crippen LogP contribution in [-0.2, 0) is 20.7 Å². The number of benzene rings is 1.